The van der Waals surface area contributed by atoms with Gasteiger partial charge in [-0.1, -0.05) is 23.7 Å². The highest BCUT2D eigenvalue weighted by atomic mass is 35.5. The molecule has 0 aliphatic rings. The predicted octanol–water partition coefficient (Wildman–Crippen LogP) is 2.53. The van der Waals surface area contributed by atoms with Crippen LogP contribution >= 0.6 is 11.6 Å². The zero-order valence-electron chi connectivity index (χ0n) is 12.1. The summed E-state index contributed by atoms with van der Waals surface area (Å²) in [5, 5.41) is 0.662. The van der Waals surface area contributed by atoms with Gasteiger partial charge in [-0.05, 0) is 31.5 Å². The Kier molecular flexibility index (Phi) is 5.16. The van der Waals surface area contributed by atoms with E-state index < -0.39 is 0 Å². The molecule has 0 radical (unpaired) electrons. The van der Waals surface area contributed by atoms with Crippen molar-refractivity contribution >= 4 is 23.5 Å². The van der Waals surface area contributed by atoms with Crippen LogP contribution in [-0.4, -0.2) is 28.0 Å². The van der Waals surface area contributed by atoms with Crippen molar-refractivity contribution in [3.8, 4) is 6.01 Å². The van der Waals surface area contributed by atoms with Crippen LogP contribution in [0.3, 0.4) is 0 Å². The second kappa shape index (κ2) is 7.08. The maximum Gasteiger partial charge on any atom is 0.323 e. The summed E-state index contributed by atoms with van der Waals surface area (Å²) in [6.07, 6.45) is 0. The number of hydrogen-bond donors (Lipinski definition) is 1. The van der Waals surface area contributed by atoms with Crippen molar-refractivity contribution in [3.63, 3.8) is 0 Å². The van der Waals surface area contributed by atoms with E-state index in [4.69, 9.17) is 22.1 Å². The smallest absolute Gasteiger partial charge is 0.323 e. The van der Waals surface area contributed by atoms with Crippen LogP contribution in [0, 0.1) is 0 Å². The summed E-state index contributed by atoms with van der Waals surface area (Å²) in [5.74, 6) is 0.668. The Morgan fingerprint density at radius 1 is 1.19 bits per heavy atom. The molecule has 0 bridgehead atoms. The summed E-state index contributed by atoms with van der Waals surface area (Å²) in [6.45, 7) is 5.94. The largest absolute Gasteiger partial charge is 0.458 e. The molecule has 2 aromatic rings. The summed E-state index contributed by atoms with van der Waals surface area (Å²) < 4.78 is 5.58. The Morgan fingerprint density at radius 3 is 2.62 bits per heavy atom. The van der Waals surface area contributed by atoms with E-state index in [0.717, 1.165) is 18.7 Å². The van der Waals surface area contributed by atoms with Crippen LogP contribution in [0.1, 0.15) is 19.4 Å². The highest BCUT2D eigenvalue weighted by Gasteiger charge is 2.10. The normalized spacial score (nSPS) is 10.4. The second-order valence-corrected chi connectivity index (χ2v) is 4.80. The first-order valence-corrected chi connectivity index (χ1v) is 7.14. The van der Waals surface area contributed by atoms with Crippen molar-refractivity contribution in [2.45, 2.75) is 20.5 Å². The molecular weight excluding hydrogens is 290 g/mol. The average Bonchev–Trinajstić information content (AvgIpc) is 2.46. The monoisotopic (exact) mass is 307 g/mol. The standard InChI is InChI=1S/C14H18ClN5O/c1-3-20(4-2)13-17-12(16)18-14(19-13)21-9-10-6-5-7-11(15)8-10/h5-8H,3-4,9H2,1-2H3,(H2,16,17,18,19). The van der Waals surface area contributed by atoms with E-state index in [1.165, 1.54) is 0 Å². The molecule has 7 heteroatoms. The number of rotatable bonds is 6. The van der Waals surface area contributed by atoms with Crippen molar-refractivity contribution < 1.29 is 4.74 Å². The lowest BCUT2D eigenvalue weighted by atomic mass is 10.2. The molecule has 0 spiro atoms. The molecule has 0 atom stereocenters. The van der Waals surface area contributed by atoms with E-state index in [9.17, 15) is 0 Å². The maximum atomic E-state index is 5.93. The van der Waals surface area contributed by atoms with Gasteiger partial charge >= 0.3 is 6.01 Å². The molecule has 112 valence electrons. The highest BCUT2D eigenvalue weighted by molar-refractivity contribution is 6.30. The summed E-state index contributed by atoms with van der Waals surface area (Å²) >= 11 is 5.93. The zero-order chi connectivity index (χ0) is 15.2. The van der Waals surface area contributed by atoms with Gasteiger partial charge in [0, 0.05) is 18.1 Å². The minimum Gasteiger partial charge on any atom is -0.458 e. The third-order valence-corrected chi connectivity index (χ3v) is 3.16. The molecule has 6 nitrogen and oxygen atoms in total. The van der Waals surface area contributed by atoms with Gasteiger partial charge in [-0.2, -0.15) is 15.0 Å². The molecule has 0 aliphatic carbocycles. The van der Waals surface area contributed by atoms with Crippen molar-refractivity contribution in [1.82, 2.24) is 15.0 Å². The summed E-state index contributed by atoms with van der Waals surface area (Å²) in [4.78, 5) is 14.4. The number of benzene rings is 1. The van der Waals surface area contributed by atoms with E-state index >= 15 is 0 Å². The van der Waals surface area contributed by atoms with E-state index in [1.54, 1.807) is 0 Å². The SMILES string of the molecule is CCN(CC)c1nc(N)nc(OCc2cccc(Cl)c2)n1. The van der Waals surface area contributed by atoms with Gasteiger partial charge in [0.25, 0.3) is 0 Å². The minimum atomic E-state index is 0.146. The molecule has 0 fully saturated rings. The highest BCUT2D eigenvalue weighted by Crippen LogP contribution is 2.16. The molecule has 1 aromatic heterocycles. The number of halogens is 1. The third kappa shape index (κ3) is 4.19. The first-order valence-electron chi connectivity index (χ1n) is 6.76. The number of hydrogen-bond acceptors (Lipinski definition) is 6. The molecule has 2 rings (SSSR count). The quantitative estimate of drug-likeness (QED) is 0.883. The van der Waals surface area contributed by atoms with Crippen molar-refractivity contribution in [2.75, 3.05) is 23.7 Å². The Bertz CT molecular complexity index is 604. The van der Waals surface area contributed by atoms with Crippen LogP contribution in [0.5, 0.6) is 6.01 Å². The molecule has 1 heterocycles. The molecule has 1 aromatic carbocycles. The number of aromatic nitrogens is 3. The molecular formula is C14H18ClN5O. The summed E-state index contributed by atoms with van der Waals surface area (Å²) in [5.41, 5.74) is 6.65. The fourth-order valence-electron chi connectivity index (χ4n) is 1.85. The van der Waals surface area contributed by atoms with E-state index in [1.807, 2.05) is 43.0 Å². The molecule has 0 saturated carbocycles. The van der Waals surface area contributed by atoms with Crippen LogP contribution in [-0.2, 0) is 6.61 Å². The zero-order valence-corrected chi connectivity index (χ0v) is 12.8. The Morgan fingerprint density at radius 2 is 1.95 bits per heavy atom. The van der Waals surface area contributed by atoms with Crippen LogP contribution in [0.15, 0.2) is 24.3 Å². The summed E-state index contributed by atoms with van der Waals surface area (Å²) in [6, 6.07) is 7.64. The van der Waals surface area contributed by atoms with Crippen molar-refractivity contribution in [1.29, 1.82) is 0 Å². The number of nitrogen functional groups attached to an aromatic ring is 1. The van der Waals surface area contributed by atoms with Crippen molar-refractivity contribution in [2.24, 2.45) is 0 Å². The molecule has 0 unspecified atom stereocenters. The van der Waals surface area contributed by atoms with E-state index in [-0.39, 0.29) is 12.0 Å². The Labute approximate surface area is 128 Å². The molecule has 0 saturated heterocycles. The van der Waals surface area contributed by atoms with Gasteiger partial charge in [-0.25, -0.2) is 0 Å². The van der Waals surface area contributed by atoms with E-state index in [2.05, 4.69) is 15.0 Å². The fourth-order valence-corrected chi connectivity index (χ4v) is 2.06. The second-order valence-electron chi connectivity index (χ2n) is 4.37. The number of ether oxygens (including phenoxy) is 1. The lowest BCUT2D eigenvalue weighted by molar-refractivity contribution is 0.280. The van der Waals surface area contributed by atoms with Gasteiger partial charge in [0.1, 0.15) is 6.61 Å². The summed E-state index contributed by atoms with van der Waals surface area (Å²) in [7, 11) is 0. The molecule has 2 N–H and O–H groups in total. The first-order chi connectivity index (χ1) is 10.1. The number of nitrogens with two attached hydrogens (primary N) is 1. The Hall–Kier alpha value is -2.08. The van der Waals surface area contributed by atoms with Crippen LogP contribution in [0.25, 0.3) is 0 Å². The lowest BCUT2D eigenvalue weighted by Gasteiger charge is -2.18. The minimum absolute atomic E-state index is 0.146. The third-order valence-electron chi connectivity index (χ3n) is 2.92. The van der Waals surface area contributed by atoms with Crippen LogP contribution < -0.4 is 15.4 Å². The van der Waals surface area contributed by atoms with E-state index in [0.29, 0.717) is 17.6 Å². The molecule has 0 amide bonds. The van der Waals surface area contributed by atoms with Gasteiger partial charge < -0.3 is 15.4 Å². The van der Waals surface area contributed by atoms with Gasteiger partial charge in [0.05, 0.1) is 0 Å². The predicted molar refractivity (Wildman–Crippen MR) is 83.6 cm³/mol. The first kappa shape index (κ1) is 15.3. The van der Waals surface area contributed by atoms with Gasteiger partial charge in [0.2, 0.25) is 11.9 Å². The van der Waals surface area contributed by atoms with Gasteiger partial charge in [0.15, 0.2) is 0 Å². The number of anilines is 2. The number of nitrogens with zero attached hydrogens (tertiary/aromatic N) is 4. The topological polar surface area (TPSA) is 77.2 Å². The molecule has 21 heavy (non-hydrogen) atoms. The Balaban J connectivity index is 2.13. The van der Waals surface area contributed by atoms with Crippen LogP contribution in [0.2, 0.25) is 5.02 Å². The van der Waals surface area contributed by atoms with Crippen LogP contribution in [0.4, 0.5) is 11.9 Å². The maximum absolute atomic E-state index is 5.93. The van der Waals surface area contributed by atoms with Gasteiger partial charge in [-0.15, -0.1) is 0 Å². The average molecular weight is 308 g/mol. The van der Waals surface area contributed by atoms with Crippen molar-refractivity contribution in [3.05, 3.63) is 34.9 Å². The fraction of sp³-hybridized carbons (Fsp3) is 0.357. The lowest BCUT2D eigenvalue weighted by Crippen LogP contribution is -2.25. The molecule has 0 aliphatic heterocycles. The van der Waals surface area contributed by atoms with Gasteiger partial charge in [-0.3, -0.25) is 0 Å².